The molecule has 0 radical (unpaired) electrons. The summed E-state index contributed by atoms with van der Waals surface area (Å²) in [6.45, 7) is 3.62. The number of nitrogens with zero attached hydrogens (tertiary/aromatic N) is 1. The molecule has 106 valence electrons. The number of thiazole rings is 1. The molecule has 3 rings (SSSR count). The Morgan fingerprint density at radius 3 is 2.71 bits per heavy atom. The van der Waals surface area contributed by atoms with Crippen LogP contribution in [0.5, 0.6) is 0 Å². The van der Waals surface area contributed by atoms with Gasteiger partial charge in [0, 0.05) is 12.5 Å². The van der Waals surface area contributed by atoms with Crippen molar-refractivity contribution in [3.05, 3.63) is 48.0 Å². The minimum absolute atomic E-state index is 0.0572. The third kappa shape index (κ3) is 2.67. The quantitative estimate of drug-likeness (QED) is 0.774. The number of anilines is 1. The van der Waals surface area contributed by atoms with Crippen LogP contribution < -0.4 is 5.32 Å². The monoisotopic (exact) mass is 296 g/mol. The summed E-state index contributed by atoms with van der Waals surface area (Å²) in [5.74, 6) is -0.0572. The van der Waals surface area contributed by atoms with Gasteiger partial charge in [-0.3, -0.25) is 4.79 Å². The number of hydrogen-bond acceptors (Lipinski definition) is 3. The highest BCUT2D eigenvalue weighted by Crippen LogP contribution is 2.36. The van der Waals surface area contributed by atoms with Gasteiger partial charge in [-0.15, -0.1) is 11.3 Å². The lowest BCUT2D eigenvalue weighted by atomic mass is 10.1. The standard InChI is InChI=1S/C17H16N2OS/c1-3-12-7-6-8-13(16(12)18-11(2)20)17-19-14-9-4-5-10-15(14)21-17/h4-10H,3H2,1-2H3,(H,18,20). The molecule has 0 spiro atoms. The summed E-state index contributed by atoms with van der Waals surface area (Å²) in [7, 11) is 0. The molecule has 1 heterocycles. The summed E-state index contributed by atoms with van der Waals surface area (Å²) in [5, 5.41) is 3.90. The van der Waals surface area contributed by atoms with Gasteiger partial charge in [0.15, 0.2) is 0 Å². The van der Waals surface area contributed by atoms with E-state index >= 15 is 0 Å². The van der Waals surface area contributed by atoms with Crippen molar-refractivity contribution < 1.29 is 4.79 Å². The van der Waals surface area contributed by atoms with Crippen LogP contribution in [0.2, 0.25) is 0 Å². The largest absolute Gasteiger partial charge is 0.325 e. The second kappa shape index (κ2) is 5.66. The van der Waals surface area contributed by atoms with Crippen molar-refractivity contribution in [1.29, 1.82) is 0 Å². The highest BCUT2D eigenvalue weighted by Gasteiger charge is 2.14. The smallest absolute Gasteiger partial charge is 0.221 e. The van der Waals surface area contributed by atoms with Crippen molar-refractivity contribution in [2.24, 2.45) is 0 Å². The first kappa shape index (κ1) is 13.8. The Morgan fingerprint density at radius 1 is 1.19 bits per heavy atom. The van der Waals surface area contributed by atoms with Crippen LogP contribution in [0.4, 0.5) is 5.69 Å². The number of benzene rings is 2. The Balaban J connectivity index is 2.18. The van der Waals surface area contributed by atoms with Crippen LogP contribution in [0.1, 0.15) is 19.4 Å². The lowest BCUT2D eigenvalue weighted by Gasteiger charge is -2.12. The van der Waals surface area contributed by atoms with E-state index in [4.69, 9.17) is 4.98 Å². The number of hydrogen-bond donors (Lipinski definition) is 1. The van der Waals surface area contributed by atoms with E-state index in [0.29, 0.717) is 0 Å². The summed E-state index contributed by atoms with van der Waals surface area (Å²) in [5.41, 5.74) is 3.99. The van der Waals surface area contributed by atoms with Gasteiger partial charge in [-0.2, -0.15) is 0 Å². The Bertz CT molecular complexity index is 774. The summed E-state index contributed by atoms with van der Waals surface area (Å²) >= 11 is 1.65. The molecule has 0 aliphatic carbocycles. The molecular formula is C17H16N2OS. The van der Waals surface area contributed by atoms with E-state index in [0.717, 1.165) is 38.5 Å². The molecule has 21 heavy (non-hydrogen) atoms. The Kier molecular flexibility index (Phi) is 3.71. The van der Waals surface area contributed by atoms with Crippen LogP contribution >= 0.6 is 11.3 Å². The van der Waals surface area contributed by atoms with Gasteiger partial charge in [0.2, 0.25) is 5.91 Å². The third-order valence-electron chi connectivity index (χ3n) is 3.36. The normalized spacial score (nSPS) is 10.8. The maximum atomic E-state index is 11.5. The molecule has 0 bridgehead atoms. The predicted molar refractivity (Wildman–Crippen MR) is 88.7 cm³/mol. The number of rotatable bonds is 3. The molecule has 0 saturated carbocycles. The van der Waals surface area contributed by atoms with E-state index in [-0.39, 0.29) is 5.91 Å². The first-order chi connectivity index (χ1) is 10.2. The van der Waals surface area contributed by atoms with Gasteiger partial charge in [-0.05, 0) is 30.2 Å². The van der Waals surface area contributed by atoms with Gasteiger partial charge >= 0.3 is 0 Å². The van der Waals surface area contributed by atoms with Crippen molar-refractivity contribution >= 4 is 33.1 Å². The molecular weight excluding hydrogens is 280 g/mol. The number of amides is 1. The van der Waals surface area contributed by atoms with Crippen molar-refractivity contribution in [2.45, 2.75) is 20.3 Å². The van der Waals surface area contributed by atoms with E-state index in [1.165, 1.54) is 6.92 Å². The topological polar surface area (TPSA) is 42.0 Å². The minimum atomic E-state index is -0.0572. The molecule has 1 N–H and O–H groups in total. The lowest BCUT2D eigenvalue weighted by molar-refractivity contribution is -0.114. The Hall–Kier alpha value is -2.20. The fraction of sp³-hybridized carbons (Fsp3) is 0.176. The van der Waals surface area contributed by atoms with Crippen LogP contribution in [0.15, 0.2) is 42.5 Å². The molecule has 0 aliphatic rings. The molecule has 3 nitrogen and oxygen atoms in total. The predicted octanol–water partition coefficient (Wildman–Crippen LogP) is 4.48. The average molecular weight is 296 g/mol. The maximum Gasteiger partial charge on any atom is 0.221 e. The fourth-order valence-corrected chi connectivity index (χ4v) is 3.38. The van der Waals surface area contributed by atoms with E-state index in [2.05, 4.69) is 18.3 Å². The molecule has 0 saturated heterocycles. The first-order valence-electron chi connectivity index (χ1n) is 6.94. The molecule has 0 atom stereocenters. The van der Waals surface area contributed by atoms with Gasteiger partial charge in [0.05, 0.1) is 15.9 Å². The summed E-state index contributed by atoms with van der Waals surface area (Å²) < 4.78 is 1.16. The van der Waals surface area contributed by atoms with Crippen molar-refractivity contribution in [1.82, 2.24) is 4.98 Å². The van der Waals surface area contributed by atoms with E-state index in [1.807, 2.05) is 36.4 Å². The van der Waals surface area contributed by atoms with Gasteiger partial charge in [-0.1, -0.05) is 31.2 Å². The van der Waals surface area contributed by atoms with Gasteiger partial charge in [0.1, 0.15) is 5.01 Å². The van der Waals surface area contributed by atoms with E-state index in [1.54, 1.807) is 11.3 Å². The summed E-state index contributed by atoms with van der Waals surface area (Å²) in [4.78, 5) is 16.2. The van der Waals surface area contributed by atoms with E-state index < -0.39 is 0 Å². The molecule has 2 aromatic carbocycles. The number of aryl methyl sites for hydroxylation is 1. The lowest BCUT2D eigenvalue weighted by Crippen LogP contribution is -2.09. The molecule has 0 fully saturated rings. The zero-order valence-corrected chi connectivity index (χ0v) is 12.8. The fourth-order valence-electron chi connectivity index (χ4n) is 2.38. The number of aromatic nitrogens is 1. The van der Waals surface area contributed by atoms with Crippen molar-refractivity contribution in [3.8, 4) is 10.6 Å². The second-order valence-corrected chi connectivity index (χ2v) is 5.89. The van der Waals surface area contributed by atoms with Gasteiger partial charge < -0.3 is 5.32 Å². The average Bonchev–Trinajstić information content (AvgIpc) is 2.90. The third-order valence-corrected chi connectivity index (χ3v) is 4.43. The number of carbonyl (C=O) groups excluding carboxylic acids is 1. The molecule has 3 aromatic rings. The van der Waals surface area contributed by atoms with Crippen LogP contribution in [0.25, 0.3) is 20.8 Å². The van der Waals surface area contributed by atoms with Crippen molar-refractivity contribution in [3.63, 3.8) is 0 Å². The highest BCUT2D eigenvalue weighted by atomic mass is 32.1. The van der Waals surface area contributed by atoms with Crippen LogP contribution in [0.3, 0.4) is 0 Å². The molecule has 1 amide bonds. The number of para-hydroxylation sites is 2. The Morgan fingerprint density at radius 2 is 2.00 bits per heavy atom. The Labute approximate surface area is 127 Å². The van der Waals surface area contributed by atoms with Crippen LogP contribution in [-0.4, -0.2) is 10.9 Å². The first-order valence-corrected chi connectivity index (χ1v) is 7.76. The van der Waals surface area contributed by atoms with Crippen LogP contribution in [0, 0.1) is 0 Å². The molecule has 4 heteroatoms. The van der Waals surface area contributed by atoms with Gasteiger partial charge in [-0.25, -0.2) is 4.98 Å². The number of nitrogens with one attached hydrogen (secondary N) is 1. The number of carbonyl (C=O) groups is 1. The van der Waals surface area contributed by atoms with E-state index in [9.17, 15) is 4.79 Å². The summed E-state index contributed by atoms with van der Waals surface area (Å²) in [6, 6.07) is 14.2. The van der Waals surface area contributed by atoms with Gasteiger partial charge in [0.25, 0.3) is 0 Å². The van der Waals surface area contributed by atoms with Crippen LogP contribution in [-0.2, 0) is 11.2 Å². The highest BCUT2D eigenvalue weighted by molar-refractivity contribution is 7.21. The SMILES string of the molecule is CCc1cccc(-c2nc3ccccc3s2)c1NC(C)=O. The molecule has 0 aliphatic heterocycles. The number of fused-ring (bicyclic) bond motifs is 1. The zero-order chi connectivity index (χ0) is 14.8. The molecule has 1 aromatic heterocycles. The maximum absolute atomic E-state index is 11.5. The zero-order valence-electron chi connectivity index (χ0n) is 12.0. The second-order valence-electron chi connectivity index (χ2n) is 4.86. The van der Waals surface area contributed by atoms with Crippen molar-refractivity contribution in [2.75, 3.05) is 5.32 Å². The molecule has 0 unspecified atom stereocenters. The minimum Gasteiger partial charge on any atom is -0.325 e. The summed E-state index contributed by atoms with van der Waals surface area (Å²) in [6.07, 6.45) is 0.869.